The average molecular weight is 344 g/mol. The van der Waals surface area contributed by atoms with Crippen molar-refractivity contribution in [3.8, 4) is 11.1 Å². The van der Waals surface area contributed by atoms with Crippen molar-refractivity contribution in [3.63, 3.8) is 0 Å². The van der Waals surface area contributed by atoms with Crippen LogP contribution in [0.25, 0.3) is 11.1 Å². The SMILES string of the molecule is c1ccc2c(c1)CNC2C1CCN(c2ccc(-c3cn[nH]c3)cc2)CC1. The van der Waals surface area contributed by atoms with E-state index >= 15 is 0 Å². The van der Waals surface area contributed by atoms with E-state index in [9.17, 15) is 0 Å². The summed E-state index contributed by atoms with van der Waals surface area (Å²) in [5, 5.41) is 10.7. The second-order valence-electron chi connectivity index (χ2n) is 7.42. The van der Waals surface area contributed by atoms with Gasteiger partial charge in [0.05, 0.1) is 6.20 Å². The Morgan fingerprint density at radius 1 is 0.923 bits per heavy atom. The molecule has 1 atom stereocenters. The molecule has 3 aromatic rings. The van der Waals surface area contributed by atoms with Crippen LogP contribution in [0.15, 0.2) is 60.9 Å². The molecule has 1 fully saturated rings. The molecule has 132 valence electrons. The number of H-pyrrole nitrogens is 1. The van der Waals surface area contributed by atoms with E-state index in [1.54, 1.807) is 0 Å². The highest BCUT2D eigenvalue weighted by Gasteiger charge is 2.31. The third-order valence-electron chi connectivity index (χ3n) is 5.98. The van der Waals surface area contributed by atoms with Crippen LogP contribution in [0.4, 0.5) is 5.69 Å². The molecule has 1 saturated heterocycles. The molecule has 4 heteroatoms. The monoisotopic (exact) mass is 344 g/mol. The smallest absolute Gasteiger partial charge is 0.0565 e. The highest BCUT2D eigenvalue weighted by molar-refractivity contribution is 5.65. The summed E-state index contributed by atoms with van der Waals surface area (Å²) in [5.74, 6) is 0.736. The van der Waals surface area contributed by atoms with E-state index in [1.165, 1.54) is 35.2 Å². The first-order valence-electron chi connectivity index (χ1n) is 9.54. The maximum absolute atomic E-state index is 4.03. The van der Waals surface area contributed by atoms with Gasteiger partial charge in [0.1, 0.15) is 0 Å². The minimum absolute atomic E-state index is 0.539. The molecule has 2 aliphatic heterocycles. The van der Waals surface area contributed by atoms with Gasteiger partial charge in [-0.1, -0.05) is 36.4 Å². The molecule has 0 saturated carbocycles. The van der Waals surface area contributed by atoms with Crippen LogP contribution in [0.1, 0.15) is 30.0 Å². The van der Waals surface area contributed by atoms with Crippen LogP contribution in [-0.4, -0.2) is 23.3 Å². The van der Waals surface area contributed by atoms with E-state index in [4.69, 9.17) is 0 Å². The lowest BCUT2D eigenvalue weighted by atomic mass is 9.85. The van der Waals surface area contributed by atoms with Gasteiger partial charge in [-0.15, -0.1) is 0 Å². The Morgan fingerprint density at radius 3 is 2.50 bits per heavy atom. The summed E-state index contributed by atoms with van der Waals surface area (Å²) in [4.78, 5) is 2.52. The van der Waals surface area contributed by atoms with Crippen LogP contribution in [0.3, 0.4) is 0 Å². The van der Waals surface area contributed by atoms with E-state index in [2.05, 4.69) is 68.9 Å². The molecule has 0 spiro atoms. The Morgan fingerprint density at radius 2 is 1.73 bits per heavy atom. The van der Waals surface area contributed by atoms with Crippen molar-refractivity contribution in [1.82, 2.24) is 15.5 Å². The van der Waals surface area contributed by atoms with Crippen molar-refractivity contribution in [1.29, 1.82) is 0 Å². The normalized spacial score (nSPS) is 20.3. The summed E-state index contributed by atoms with van der Waals surface area (Å²) in [6, 6.07) is 18.3. The van der Waals surface area contributed by atoms with Crippen LogP contribution < -0.4 is 10.2 Å². The Bertz CT molecular complexity index is 861. The number of piperidine rings is 1. The summed E-state index contributed by atoms with van der Waals surface area (Å²) >= 11 is 0. The maximum Gasteiger partial charge on any atom is 0.0565 e. The number of anilines is 1. The molecule has 2 aliphatic rings. The van der Waals surface area contributed by atoms with Crippen molar-refractivity contribution in [2.45, 2.75) is 25.4 Å². The van der Waals surface area contributed by atoms with Gasteiger partial charge in [-0.3, -0.25) is 5.10 Å². The highest BCUT2D eigenvalue weighted by atomic mass is 15.1. The number of aromatic nitrogens is 2. The molecule has 1 unspecified atom stereocenters. The van der Waals surface area contributed by atoms with Crippen molar-refractivity contribution in [3.05, 3.63) is 72.1 Å². The van der Waals surface area contributed by atoms with E-state index < -0.39 is 0 Å². The minimum Gasteiger partial charge on any atom is -0.372 e. The molecule has 5 rings (SSSR count). The molecule has 4 nitrogen and oxygen atoms in total. The van der Waals surface area contributed by atoms with Gasteiger partial charge in [0.15, 0.2) is 0 Å². The summed E-state index contributed by atoms with van der Waals surface area (Å²) in [7, 11) is 0. The molecular formula is C22H24N4. The van der Waals surface area contributed by atoms with Crippen LogP contribution >= 0.6 is 0 Å². The fourth-order valence-corrected chi connectivity index (χ4v) is 4.51. The number of nitrogens with one attached hydrogen (secondary N) is 2. The van der Waals surface area contributed by atoms with Gasteiger partial charge < -0.3 is 10.2 Å². The average Bonchev–Trinajstić information content (AvgIpc) is 3.38. The second-order valence-corrected chi connectivity index (χ2v) is 7.42. The fraction of sp³-hybridized carbons (Fsp3) is 0.318. The van der Waals surface area contributed by atoms with Crippen LogP contribution in [0.5, 0.6) is 0 Å². The molecule has 1 aromatic heterocycles. The van der Waals surface area contributed by atoms with E-state index in [0.29, 0.717) is 6.04 Å². The molecule has 0 amide bonds. The molecule has 0 aliphatic carbocycles. The first-order valence-corrected chi connectivity index (χ1v) is 9.54. The van der Waals surface area contributed by atoms with E-state index in [0.717, 1.165) is 31.1 Å². The Kier molecular flexibility index (Phi) is 3.98. The standard InChI is InChI=1S/C22H24N4/c1-2-4-21-18(3-1)13-23-22(21)17-9-11-26(12-10-17)20-7-5-16(6-8-20)19-14-24-25-15-19/h1-8,14-15,17,22-23H,9-13H2,(H,24,25). The van der Waals surface area contributed by atoms with Crippen molar-refractivity contribution in [2.24, 2.45) is 5.92 Å². The molecule has 2 aromatic carbocycles. The van der Waals surface area contributed by atoms with Crippen molar-refractivity contribution in [2.75, 3.05) is 18.0 Å². The fourth-order valence-electron chi connectivity index (χ4n) is 4.51. The molecule has 2 N–H and O–H groups in total. The number of aromatic amines is 1. The Hall–Kier alpha value is -2.59. The number of fused-ring (bicyclic) bond motifs is 1. The van der Waals surface area contributed by atoms with Gasteiger partial charge in [0.2, 0.25) is 0 Å². The van der Waals surface area contributed by atoms with Gasteiger partial charge in [-0.2, -0.15) is 5.10 Å². The molecule has 0 radical (unpaired) electrons. The molecular weight excluding hydrogens is 320 g/mol. The number of rotatable bonds is 3. The van der Waals surface area contributed by atoms with Gasteiger partial charge in [0, 0.05) is 43.1 Å². The number of hydrogen-bond acceptors (Lipinski definition) is 3. The van der Waals surface area contributed by atoms with Crippen LogP contribution in [0, 0.1) is 5.92 Å². The largest absolute Gasteiger partial charge is 0.372 e. The van der Waals surface area contributed by atoms with Gasteiger partial charge >= 0.3 is 0 Å². The lowest BCUT2D eigenvalue weighted by molar-refractivity contribution is 0.313. The van der Waals surface area contributed by atoms with Gasteiger partial charge in [-0.05, 0) is 47.6 Å². The van der Waals surface area contributed by atoms with Crippen molar-refractivity contribution >= 4 is 5.69 Å². The number of benzene rings is 2. The number of hydrogen-bond donors (Lipinski definition) is 2. The highest BCUT2D eigenvalue weighted by Crippen LogP contribution is 2.37. The van der Waals surface area contributed by atoms with Crippen LogP contribution in [-0.2, 0) is 6.54 Å². The topological polar surface area (TPSA) is 44.0 Å². The lowest BCUT2D eigenvalue weighted by Crippen LogP contribution is -2.37. The van der Waals surface area contributed by atoms with E-state index in [1.807, 2.05) is 12.4 Å². The first kappa shape index (κ1) is 15.6. The zero-order valence-electron chi connectivity index (χ0n) is 14.9. The Labute approximate surface area is 154 Å². The first-order chi connectivity index (χ1) is 12.9. The summed E-state index contributed by atoms with van der Waals surface area (Å²) in [5.41, 5.74) is 6.69. The third kappa shape index (κ3) is 2.80. The zero-order chi connectivity index (χ0) is 17.3. The minimum atomic E-state index is 0.539. The van der Waals surface area contributed by atoms with E-state index in [-0.39, 0.29) is 0 Å². The van der Waals surface area contributed by atoms with Gasteiger partial charge in [0.25, 0.3) is 0 Å². The summed E-state index contributed by atoms with van der Waals surface area (Å²) in [6.07, 6.45) is 6.30. The lowest BCUT2D eigenvalue weighted by Gasteiger charge is -2.36. The predicted molar refractivity (Wildman–Crippen MR) is 105 cm³/mol. The predicted octanol–water partition coefficient (Wildman–Crippen LogP) is 4.14. The molecule has 3 heterocycles. The maximum atomic E-state index is 4.03. The number of nitrogens with zero attached hydrogens (tertiary/aromatic N) is 2. The second kappa shape index (κ2) is 6.61. The zero-order valence-corrected chi connectivity index (χ0v) is 14.9. The molecule has 26 heavy (non-hydrogen) atoms. The van der Waals surface area contributed by atoms with Crippen LogP contribution in [0.2, 0.25) is 0 Å². The summed E-state index contributed by atoms with van der Waals surface area (Å²) < 4.78 is 0. The quantitative estimate of drug-likeness (QED) is 0.750. The van der Waals surface area contributed by atoms with Gasteiger partial charge in [-0.25, -0.2) is 0 Å². The van der Waals surface area contributed by atoms with Crippen molar-refractivity contribution < 1.29 is 0 Å². The third-order valence-corrected chi connectivity index (χ3v) is 5.98. The summed E-state index contributed by atoms with van der Waals surface area (Å²) in [6.45, 7) is 3.29. The Balaban J connectivity index is 1.25. The molecule has 0 bridgehead atoms.